The Morgan fingerprint density at radius 2 is 2.09 bits per heavy atom. The van der Waals surface area contributed by atoms with Crippen LogP contribution in [0.2, 0.25) is 18.1 Å². The first-order valence-corrected chi connectivity index (χ1v) is 11.2. The molecular formula is C19H34O2Si. The molecule has 3 heteroatoms. The van der Waals surface area contributed by atoms with E-state index in [0.717, 1.165) is 18.4 Å². The quantitative estimate of drug-likeness (QED) is 0.536. The molecule has 3 atom stereocenters. The van der Waals surface area contributed by atoms with E-state index in [0.29, 0.717) is 12.3 Å². The van der Waals surface area contributed by atoms with Crippen molar-refractivity contribution in [3.05, 3.63) is 36.5 Å². The molecule has 1 rings (SSSR count). The van der Waals surface area contributed by atoms with Crippen LogP contribution in [0.1, 0.15) is 47.0 Å². The Kier molecular flexibility index (Phi) is 6.43. The molecule has 0 aromatic heterocycles. The minimum Gasteiger partial charge on any atom is -0.410 e. The van der Waals surface area contributed by atoms with Crippen LogP contribution in [0.15, 0.2) is 36.5 Å². The summed E-state index contributed by atoms with van der Waals surface area (Å²) in [6.45, 7) is 21.4. The monoisotopic (exact) mass is 322 g/mol. The van der Waals surface area contributed by atoms with Crippen molar-refractivity contribution >= 4 is 8.32 Å². The molecule has 0 amide bonds. The summed E-state index contributed by atoms with van der Waals surface area (Å²) < 4.78 is 6.60. The summed E-state index contributed by atoms with van der Waals surface area (Å²) >= 11 is 0. The van der Waals surface area contributed by atoms with E-state index < -0.39 is 14.4 Å². The summed E-state index contributed by atoms with van der Waals surface area (Å²) in [5, 5.41) is 10.4. The topological polar surface area (TPSA) is 29.5 Å². The van der Waals surface area contributed by atoms with E-state index in [1.54, 1.807) is 6.08 Å². The predicted octanol–water partition coefficient (Wildman–Crippen LogP) is 5.23. The second-order valence-corrected chi connectivity index (χ2v) is 12.9. The SMILES string of the molecule is C=CC[C@H](O)C(=C)[C@H]1CC=C(C)[C@@H](O[Si](C)(C)C(C)(C)C)C1. The molecule has 0 saturated heterocycles. The molecule has 1 aliphatic rings. The summed E-state index contributed by atoms with van der Waals surface area (Å²) in [5.74, 6) is 0.299. The summed E-state index contributed by atoms with van der Waals surface area (Å²) in [6, 6.07) is 0. The van der Waals surface area contributed by atoms with E-state index in [1.807, 2.05) is 0 Å². The minimum atomic E-state index is -1.79. The third kappa shape index (κ3) is 4.67. The van der Waals surface area contributed by atoms with Crippen LogP contribution in [-0.2, 0) is 4.43 Å². The molecule has 1 N–H and O–H groups in total. The van der Waals surface area contributed by atoms with Gasteiger partial charge in [-0.25, -0.2) is 0 Å². The van der Waals surface area contributed by atoms with E-state index in [9.17, 15) is 5.11 Å². The standard InChI is InChI=1S/C19H34O2Si/c1-9-10-17(20)15(3)16-12-11-14(2)18(13-16)21-22(7,8)19(4,5)6/h9,11,16-18,20H,1,3,10,12-13H2,2,4-8H3/t16-,17-,18-/m0/s1. The Bertz CT molecular complexity index is 443. The van der Waals surface area contributed by atoms with Gasteiger partial charge in [-0.15, -0.1) is 6.58 Å². The molecule has 0 aliphatic heterocycles. The molecule has 0 radical (unpaired) electrons. The van der Waals surface area contributed by atoms with Gasteiger partial charge in [-0.1, -0.05) is 39.5 Å². The number of rotatable bonds is 6. The molecule has 0 spiro atoms. The molecule has 0 heterocycles. The van der Waals surface area contributed by atoms with E-state index in [2.05, 4.69) is 60.0 Å². The van der Waals surface area contributed by atoms with Crippen molar-refractivity contribution in [2.75, 3.05) is 0 Å². The van der Waals surface area contributed by atoms with Crippen molar-refractivity contribution in [2.24, 2.45) is 5.92 Å². The summed E-state index contributed by atoms with van der Waals surface area (Å²) in [4.78, 5) is 0. The van der Waals surface area contributed by atoms with Gasteiger partial charge in [0, 0.05) is 0 Å². The summed E-state index contributed by atoms with van der Waals surface area (Å²) in [7, 11) is -1.79. The molecule has 0 aromatic rings. The van der Waals surface area contributed by atoms with Gasteiger partial charge in [-0.05, 0) is 61.4 Å². The Hall–Kier alpha value is -0.643. The lowest BCUT2D eigenvalue weighted by Gasteiger charge is -2.42. The van der Waals surface area contributed by atoms with Crippen LogP contribution >= 0.6 is 0 Å². The van der Waals surface area contributed by atoms with Crippen LogP contribution in [0.4, 0.5) is 0 Å². The highest BCUT2D eigenvalue weighted by atomic mass is 28.4. The van der Waals surface area contributed by atoms with Crippen molar-refractivity contribution in [2.45, 2.75) is 77.3 Å². The van der Waals surface area contributed by atoms with Crippen LogP contribution in [0.3, 0.4) is 0 Å². The molecule has 126 valence electrons. The van der Waals surface area contributed by atoms with Gasteiger partial charge in [-0.3, -0.25) is 0 Å². The number of aliphatic hydroxyl groups excluding tert-OH is 1. The van der Waals surface area contributed by atoms with Crippen molar-refractivity contribution < 1.29 is 9.53 Å². The summed E-state index contributed by atoms with van der Waals surface area (Å²) in [5.41, 5.74) is 2.25. The highest BCUT2D eigenvalue weighted by molar-refractivity contribution is 6.74. The first-order valence-electron chi connectivity index (χ1n) is 8.31. The fraction of sp³-hybridized carbons (Fsp3) is 0.684. The van der Waals surface area contributed by atoms with Gasteiger partial charge in [0.05, 0.1) is 12.2 Å². The van der Waals surface area contributed by atoms with Crippen molar-refractivity contribution in [3.8, 4) is 0 Å². The zero-order valence-corrected chi connectivity index (χ0v) is 16.3. The molecular weight excluding hydrogens is 288 g/mol. The average Bonchev–Trinajstić information content (AvgIpc) is 2.39. The lowest BCUT2D eigenvalue weighted by atomic mass is 9.81. The smallest absolute Gasteiger partial charge is 0.192 e. The fourth-order valence-electron chi connectivity index (χ4n) is 2.56. The van der Waals surface area contributed by atoms with E-state index >= 15 is 0 Å². The predicted molar refractivity (Wildman–Crippen MR) is 98.5 cm³/mol. The Morgan fingerprint density at radius 1 is 1.50 bits per heavy atom. The third-order valence-corrected chi connectivity index (χ3v) is 9.80. The first kappa shape index (κ1) is 19.4. The van der Waals surface area contributed by atoms with Gasteiger partial charge in [0.1, 0.15) is 0 Å². The maximum absolute atomic E-state index is 10.2. The molecule has 0 fully saturated rings. The zero-order valence-electron chi connectivity index (χ0n) is 15.3. The molecule has 1 aliphatic carbocycles. The molecule has 0 aromatic carbocycles. The van der Waals surface area contributed by atoms with E-state index in [-0.39, 0.29) is 11.1 Å². The zero-order chi connectivity index (χ0) is 17.1. The van der Waals surface area contributed by atoms with Crippen LogP contribution < -0.4 is 0 Å². The second-order valence-electron chi connectivity index (χ2n) is 8.10. The lowest BCUT2D eigenvalue weighted by Crippen LogP contribution is -2.45. The van der Waals surface area contributed by atoms with Crippen LogP contribution in [0, 0.1) is 5.92 Å². The number of aliphatic hydroxyl groups is 1. The van der Waals surface area contributed by atoms with Crippen LogP contribution in [0.25, 0.3) is 0 Å². The molecule has 0 unspecified atom stereocenters. The highest BCUT2D eigenvalue weighted by Gasteiger charge is 2.40. The maximum Gasteiger partial charge on any atom is 0.192 e. The van der Waals surface area contributed by atoms with E-state index in [1.165, 1.54) is 5.57 Å². The van der Waals surface area contributed by atoms with Crippen molar-refractivity contribution in [1.29, 1.82) is 0 Å². The number of hydrogen-bond acceptors (Lipinski definition) is 2. The van der Waals surface area contributed by atoms with Gasteiger partial charge in [0.25, 0.3) is 0 Å². The second kappa shape index (κ2) is 7.29. The van der Waals surface area contributed by atoms with Gasteiger partial charge >= 0.3 is 0 Å². The molecule has 0 saturated carbocycles. The molecule has 0 bridgehead atoms. The van der Waals surface area contributed by atoms with Gasteiger partial charge in [0.2, 0.25) is 0 Å². The first-order chi connectivity index (χ1) is 9.99. The van der Waals surface area contributed by atoms with Gasteiger partial charge in [-0.2, -0.15) is 0 Å². The van der Waals surface area contributed by atoms with Gasteiger partial charge in [0.15, 0.2) is 8.32 Å². The molecule has 2 nitrogen and oxygen atoms in total. The minimum absolute atomic E-state index is 0.160. The van der Waals surface area contributed by atoms with E-state index in [4.69, 9.17) is 4.43 Å². The van der Waals surface area contributed by atoms with Crippen molar-refractivity contribution in [3.63, 3.8) is 0 Å². The Morgan fingerprint density at radius 3 is 2.59 bits per heavy atom. The lowest BCUT2D eigenvalue weighted by molar-refractivity contribution is 0.158. The normalized spacial score (nSPS) is 24.6. The van der Waals surface area contributed by atoms with Gasteiger partial charge < -0.3 is 9.53 Å². The number of allylic oxidation sites excluding steroid dienone is 1. The third-order valence-electron chi connectivity index (χ3n) is 5.32. The van der Waals surface area contributed by atoms with Crippen molar-refractivity contribution in [1.82, 2.24) is 0 Å². The molecule has 22 heavy (non-hydrogen) atoms. The maximum atomic E-state index is 10.2. The Balaban J connectivity index is 2.82. The van der Waals surface area contributed by atoms with Crippen LogP contribution in [-0.4, -0.2) is 25.6 Å². The number of hydrogen-bond donors (Lipinski definition) is 1. The average molecular weight is 323 g/mol. The Labute approximate surface area is 138 Å². The van der Waals surface area contributed by atoms with Crippen LogP contribution in [0.5, 0.6) is 0 Å². The summed E-state index contributed by atoms with van der Waals surface area (Å²) in [6.07, 6.45) is 6.15. The highest BCUT2D eigenvalue weighted by Crippen LogP contribution is 2.41. The largest absolute Gasteiger partial charge is 0.410 e. The fourth-order valence-corrected chi connectivity index (χ4v) is 3.90.